The van der Waals surface area contributed by atoms with E-state index in [0.717, 1.165) is 5.56 Å². The number of nitrogens with zero attached hydrogens (tertiary/aromatic N) is 2. The lowest BCUT2D eigenvalue weighted by atomic mass is 9.93. The van der Waals surface area contributed by atoms with Gasteiger partial charge in [0.2, 0.25) is 5.91 Å². The van der Waals surface area contributed by atoms with Crippen LogP contribution in [0.5, 0.6) is 0 Å². The average Bonchev–Trinajstić information content (AvgIpc) is 2.78. The molecule has 1 aliphatic heterocycles. The Kier molecular flexibility index (Phi) is 8.11. The van der Waals surface area contributed by atoms with Crippen molar-refractivity contribution in [1.29, 1.82) is 0 Å². The van der Waals surface area contributed by atoms with Crippen LogP contribution in [0.4, 0.5) is 4.79 Å². The monoisotopic (exact) mass is 469 g/mol. The van der Waals surface area contributed by atoms with E-state index in [1.165, 1.54) is 4.90 Å². The van der Waals surface area contributed by atoms with E-state index in [2.05, 4.69) is 5.32 Å². The zero-order chi connectivity index (χ0) is 24.0. The van der Waals surface area contributed by atoms with E-state index in [9.17, 15) is 19.5 Å². The number of urea groups is 1. The molecule has 3 amide bonds. The summed E-state index contributed by atoms with van der Waals surface area (Å²) >= 11 is 6.14. The van der Waals surface area contributed by atoms with Gasteiger partial charge in [0.25, 0.3) is 0 Å². The summed E-state index contributed by atoms with van der Waals surface area (Å²) < 4.78 is 0. The highest BCUT2D eigenvalue weighted by atomic mass is 35.5. The lowest BCUT2D eigenvalue weighted by molar-refractivity contribution is -0.133. The summed E-state index contributed by atoms with van der Waals surface area (Å²) in [4.78, 5) is 40.5. The number of carboxylic acids is 1. The van der Waals surface area contributed by atoms with E-state index in [1.54, 1.807) is 43.1 Å². The van der Waals surface area contributed by atoms with E-state index >= 15 is 0 Å². The molecule has 1 heterocycles. The smallest absolute Gasteiger partial charge is 0.335 e. The maximum atomic E-state index is 12.8. The molecule has 8 heteroatoms. The fourth-order valence-electron chi connectivity index (χ4n) is 4.00. The molecule has 0 aromatic heterocycles. The standard InChI is InChI=1S/C25H28ClN3O4/c1-17-22(24(31)32)23(19-10-6-11-20(26)16-19)29(25(33)27-17)15-7-14-28(2)21(30)13-12-18-8-4-3-5-9-18/h3-6,8-11,16,23H,7,12-15H2,1-2H3,(H,27,33)(H,31,32). The van der Waals surface area contributed by atoms with Crippen molar-refractivity contribution in [3.05, 3.63) is 82.0 Å². The predicted octanol–water partition coefficient (Wildman–Crippen LogP) is 4.25. The number of rotatable bonds is 9. The second-order valence-electron chi connectivity index (χ2n) is 8.08. The average molecular weight is 470 g/mol. The molecule has 0 saturated heterocycles. The molecule has 2 N–H and O–H groups in total. The van der Waals surface area contributed by atoms with Crippen LogP contribution in [0.25, 0.3) is 0 Å². The number of carbonyl (C=O) groups is 3. The molecule has 33 heavy (non-hydrogen) atoms. The minimum atomic E-state index is -1.10. The normalized spacial score (nSPS) is 15.9. The van der Waals surface area contributed by atoms with Gasteiger partial charge in [-0.1, -0.05) is 54.1 Å². The van der Waals surface area contributed by atoms with E-state index < -0.39 is 12.0 Å². The zero-order valence-electron chi connectivity index (χ0n) is 18.8. The van der Waals surface area contributed by atoms with Crippen LogP contribution < -0.4 is 5.32 Å². The number of benzene rings is 2. The van der Waals surface area contributed by atoms with Gasteiger partial charge in [0.15, 0.2) is 0 Å². The number of amides is 3. The summed E-state index contributed by atoms with van der Waals surface area (Å²) in [6.45, 7) is 2.31. The third-order valence-electron chi connectivity index (χ3n) is 5.73. The Labute approximate surface area is 198 Å². The Morgan fingerprint density at radius 3 is 2.55 bits per heavy atom. The highest BCUT2D eigenvalue weighted by Crippen LogP contribution is 2.34. The van der Waals surface area contributed by atoms with Crippen LogP contribution >= 0.6 is 11.6 Å². The molecule has 1 aliphatic rings. The molecule has 0 fully saturated rings. The van der Waals surface area contributed by atoms with Gasteiger partial charge in [-0.2, -0.15) is 0 Å². The van der Waals surface area contributed by atoms with Crippen LogP contribution in [-0.4, -0.2) is 53.0 Å². The predicted molar refractivity (Wildman–Crippen MR) is 127 cm³/mol. The maximum Gasteiger partial charge on any atom is 0.335 e. The van der Waals surface area contributed by atoms with Crippen molar-refractivity contribution in [2.45, 2.75) is 32.2 Å². The van der Waals surface area contributed by atoms with Crippen LogP contribution in [-0.2, 0) is 16.0 Å². The fourth-order valence-corrected chi connectivity index (χ4v) is 4.20. The molecule has 174 valence electrons. The van der Waals surface area contributed by atoms with Crippen molar-refractivity contribution < 1.29 is 19.5 Å². The van der Waals surface area contributed by atoms with Gasteiger partial charge in [0.1, 0.15) is 0 Å². The van der Waals surface area contributed by atoms with E-state index in [0.29, 0.717) is 42.1 Å². The molecule has 7 nitrogen and oxygen atoms in total. The second-order valence-corrected chi connectivity index (χ2v) is 8.52. The van der Waals surface area contributed by atoms with Crippen LogP contribution in [0.2, 0.25) is 5.02 Å². The molecule has 1 atom stereocenters. The van der Waals surface area contributed by atoms with Crippen LogP contribution in [0.15, 0.2) is 65.9 Å². The molecular weight excluding hydrogens is 442 g/mol. The molecule has 0 aliphatic carbocycles. The Balaban J connectivity index is 1.67. The first-order chi connectivity index (χ1) is 15.8. The zero-order valence-corrected chi connectivity index (χ0v) is 19.5. The van der Waals surface area contributed by atoms with E-state index in [4.69, 9.17) is 11.6 Å². The second kappa shape index (κ2) is 11.0. The van der Waals surface area contributed by atoms with Gasteiger partial charge in [0.05, 0.1) is 11.6 Å². The van der Waals surface area contributed by atoms with Gasteiger partial charge < -0.3 is 20.2 Å². The number of halogens is 1. The molecule has 2 aromatic rings. The summed E-state index contributed by atoms with van der Waals surface area (Å²) in [5.41, 5.74) is 2.14. The summed E-state index contributed by atoms with van der Waals surface area (Å²) in [7, 11) is 1.74. The molecular formula is C25H28ClN3O4. The number of hydrogen-bond acceptors (Lipinski definition) is 3. The van der Waals surface area contributed by atoms with Crippen molar-refractivity contribution in [1.82, 2.24) is 15.1 Å². The number of nitrogens with one attached hydrogen (secondary N) is 1. The number of aryl methyl sites for hydroxylation is 1. The molecule has 2 aromatic carbocycles. The Morgan fingerprint density at radius 2 is 1.88 bits per heavy atom. The first-order valence-electron chi connectivity index (χ1n) is 10.8. The number of aliphatic carboxylic acids is 1. The van der Waals surface area contributed by atoms with Gasteiger partial charge in [0, 0.05) is 37.3 Å². The number of hydrogen-bond donors (Lipinski definition) is 2. The molecule has 0 bridgehead atoms. The van der Waals surface area contributed by atoms with Crippen molar-refractivity contribution in [2.75, 3.05) is 20.1 Å². The third-order valence-corrected chi connectivity index (χ3v) is 5.96. The van der Waals surface area contributed by atoms with Crippen LogP contribution in [0, 0.1) is 0 Å². The molecule has 3 rings (SSSR count). The van der Waals surface area contributed by atoms with Crippen molar-refractivity contribution in [3.63, 3.8) is 0 Å². The first kappa shape index (κ1) is 24.3. The maximum absolute atomic E-state index is 12.8. The van der Waals surface area contributed by atoms with Gasteiger partial charge in [-0.15, -0.1) is 0 Å². The summed E-state index contributed by atoms with van der Waals surface area (Å²) in [5, 5.41) is 12.9. The van der Waals surface area contributed by atoms with Gasteiger partial charge in [-0.05, 0) is 43.0 Å². The highest BCUT2D eigenvalue weighted by Gasteiger charge is 2.37. The topological polar surface area (TPSA) is 90.0 Å². The van der Waals surface area contributed by atoms with E-state index in [-0.39, 0.29) is 24.1 Å². The number of carboxylic acid groups (broad SMARTS) is 1. The quantitative estimate of drug-likeness (QED) is 0.574. The Hall–Kier alpha value is -3.32. The van der Waals surface area contributed by atoms with Crippen LogP contribution in [0.1, 0.15) is 36.9 Å². The third kappa shape index (κ3) is 6.14. The number of allylic oxidation sites excluding steroid dienone is 1. The summed E-state index contributed by atoms with van der Waals surface area (Å²) in [5.74, 6) is -1.08. The molecule has 0 radical (unpaired) electrons. The lowest BCUT2D eigenvalue weighted by Crippen LogP contribution is -2.49. The largest absolute Gasteiger partial charge is 0.478 e. The number of carbonyl (C=O) groups excluding carboxylic acids is 2. The highest BCUT2D eigenvalue weighted by molar-refractivity contribution is 6.30. The van der Waals surface area contributed by atoms with Gasteiger partial charge >= 0.3 is 12.0 Å². The Morgan fingerprint density at radius 1 is 1.15 bits per heavy atom. The van der Waals surface area contributed by atoms with Gasteiger partial charge in [-0.3, -0.25) is 4.79 Å². The summed E-state index contributed by atoms with van der Waals surface area (Å²) in [6, 6.07) is 15.6. The Bertz CT molecular complexity index is 1050. The van der Waals surface area contributed by atoms with Gasteiger partial charge in [-0.25, -0.2) is 9.59 Å². The van der Waals surface area contributed by atoms with Crippen molar-refractivity contribution >= 4 is 29.5 Å². The van der Waals surface area contributed by atoms with E-state index in [1.807, 2.05) is 30.3 Å². The molecule has 0 saturated carbocycles. The molecule has 0 spiro atoms. The SMILES string of the molecule is CC1=C(C(=O)O)C(c2cccc(Cl)c2)N(CCCN(C)C(=O)CCc2ccccc2)C(=O)N1. The van der Waals surface area contributed by atoms with Crippen molar-refractivity contribution in [3.8, 4) is 0 Å². The van der Waals surface area contributed by atoms with Crippen LogP contribution in [0.3, 0.4) is 0 Å². The van der Waals surface area contributed by atoms with Crippen molar-refractivity contribution in [2.24, 2.45) is 0 Å². The lowest BCUT2D eigenvalue weighted by Gasteiger charge is -2.37. The fraction of sp³-hybridized carbons (Fsp3) is 0.320. The minimum absolute atomic E-state index is 0.0234. The summed E-state index contributed by atoms with van der Waals surface area (Å²) in [6.07, 6.45) is 1.58. The molecule has 1 unspecified atom stereocenters. The first-order valence-corrected chi connectivity index (χ1v) is 11.2. The minimum Gasteiger partial charge on any atom is -0.478 e.